The van der Waals surface area contributed by atoms with Gasteiger partial charge in [0.2, 0.25) is 0 Å². The second-order valence-corrected chi connectivity index (χ2v) is 6.64. The van der Waals surface area contributed by atoms with Crippen molar-refractivity contribution >= 4 is 17.7 Å². The lowest BCUT2D eigenvalue weighted by molar-refractivity contribution is 0.190. The van der Waals surface area contributed by atoms with Crippen LogP contribution in [-0.2, 0) is 0 Å². The van der Waals surface area contributed by atoms with E-state index in [9.17, 15) is 0 Å². The molecule has 18 heavy (non-hydrogen) atoms. The van der Waals surface area contributed by atoms with Gasteiger partial charge in [0.05, 0.1) is 6.54 Å². The SMILES string of the molecule is CCNC(=NCC1(N(C)C)CCSC1)NC1CC1. The monoisotopic (exact) mass is 270 g/mol. The number of aliphatic imine (C=N–C) groups is 1. The Kier molecular flexibility index (Phi) is 4.78. The van der Waals surface area contributed by atoms with Crippen LogP contribution >= 0.6 is 11.8 Å². The predicted molar refractivity (Wildman–Crippen MR) is 80.5 cm³/mol. The molecule has 2 N–H and O–H groups in total. The second-order valence-electron chi connectivity index (χ2n) is 5.54. The van der Waals surface area contributed by atoms with E-state index in [1.54, 1.807) is 0 Å². The number of guanidine groups is 1. The Hall–Kier alpha value is -0.420. The van der Waals surface area contributed by atoms with Crippen LogP contribution in [0.1, 0.15) is 26.2 Å². The van der Waals surface area contributed by atoms with Crippen molar-refractivity contribution in [1.29, 1.82) is 0 Å². The highest BCUT2D eigenvalue weighted by molar-refractivity contribution is 7.99. The van der Waals surface area contributed by atoms with Gasteiger partial charge in [-0.3, -0.25) is 4.99 Å². The molecule has 0 aromatic rings. The Labute approximate surface area is 115 Å². The van der Waals surface area contributed by atoms with E-state index in [1.807, 2.05) is 11.8 Å². The molecule has 0 bridgehead atoms. The molecule has 0 amide bonds. The summed E-state index contributed by atoms with van der Waals surface area (Å²) in [5.74, 6) is 3.46. The van der Waals surface area contributed by atoms with E-state index in [0.29, 0.717) is 6.04 Å². The van der Waals surface area contributed by atoms with Crippen LogP contribution in [0.15, 0.2) is 4.99 Å². The second kappa shape index (κ2) is 6.15. The van der Waals surface area contributed by atoms with Gasteiger partial charge in [-0.15, -0.1) is 0 Å². The van der Waals surface area contributed by atoms with Crippen molar-refractivity contribution in [2.24, 2.45) is 4.99 Å². The van der Waals surface area contributed by atoms with Crippen molar-refractivity contribution in [3.05, 3.63) is 0 Å². The van der Waals surface area contributed by atoms with E-state index in [2.05, 4.69) is 36.6 Å². The van der Waals surface area contributed by atoms with Crippen LogP contribution in [0.5, 0.6) is 0 Å². The Morgan fingerprint density at radius 1 is 1.44 bits per heavy atom. The smallest absolute Gasteiger partial charge is 0.191 e. The van der Waals surface area contributed by atoms with E-state index < -0.39 is 0 Å². The van der Waals surface area contributed by atoms with Gasteiger partial charge in [-0.1, -0.05) is 0 Å². The summed E-state index contributed by atoms with van der Waals surface area (Å²) in [4.78, 5) is 7.17. The quantitative estimate of drug-likeness (QED) is 0.580. The van der Waals surface area contributed by atoms with E-state index in [0.717, 1.165) is 19.0 Å². The van der Waals surface area contributed by atoms with Gasteiger partial charge in [-0.05, 0) is 46.0 Å². The van der Waals surface area contributed by atoms with Crippen LogP contribution in [0.2, 0.25) is 0 Å². The van der Waals surface area contributed by atoms with Crippen molar-refractivity contribution in [1.82, 2.24) is 15.5 Å². The predicted octanol–water partition coefficient (Wildman–Crippen LogP) is 1.14. The van der Waals surface area contributed by atoms with Gasteiger partial charge in [0.1, 0.15) is 0 Å². The molecule has 0 aromatic carbocycles. The van der Waals surface area contributed by atoms with E-state index in [-0.39, 0.29) is 5.54 Å². The summed E-state index contributed by atoms with van der Waals surface area (Å²) in [6.07, 6.45) is 3.83. The molecule has 104 valence electrons. The van der Waals surface area contributed by atoms with E-state index in [1.165, 1.54) is 30.8 Å². The van der Waals surface area contributed by atoms with Crippen LogP contribution < -0.4 is 10.6 Å². The number of nitrogens with zero attached hydrogens (tertiary/aromatic N) is 2. The Balaban J connectivity index is 1.95. The van der Waals surface area contributed by atoms with Crippen molar-refractivity contribution in [3.63, 3.8) is 0 Å². The number of thioether (sulfide) groups is 1. The first-order valence-corrected chi connectivity index (χ1v) is 8.12. The lowest BCUT2D eigenvalue weighted by Gasteiger charge is -2.34. The zero-order chi connectivity index (χ0) is 13.0. The molecule has 1 saturated heterocycles. The third-order valence-electron chi connectivity index (χ3n) is 3.83. The molecule has 2 fully saturated rings. The van der Waals surface area contributed by atoms with Gasteiger partial charge in [0, 0.05) is 23.9 Å². The molecular weight excluding hydrogens is 244 g/mol. The Morgan fingerprint density at radius 3 is 2.72 bits per heavy atom. The number of rotatable bonds is 5. The largest absolute Gasteiger partial charge is 0.357 e. The van der Waals surface area contributed by atoms with Crippen molar-refractivity contribution in [2.75, 3.05) is 38.7 Å². The highest BCUT2D eigenvalue weighted by Crippen LogP contribution is 2.32. The first-order chi connectivity index (χ1) is 8.66. The molecule has 2 rings (SSSR count). The zero-order valence-corrected chi connectivity index (χ0v) is 12.6. The molecule has 1 aliphatic carbocycles. The summed E-state index contributed by atoms with van der Waals surface area (Å²) in [7, 11) is 4.37. The first kappa shape index (κ1) is 14.0. The minimum Gasteiger partial charge on any atom is -0.357 e. The Bertz CT molecular complexity index is 293. The molecule has 0 radical (unpaired) electrons. The summed E-state index contributed by atoms with van der Waals surface area (Å²) >= 11 is 2.05. The minimum absolute atomic E-state index is 0.260. The maximum atomic E-state index is 4.81. The molecule has 1 atom stereocenters. The molecule has 1 heterocycles. The molecule has 1 unspecified atom stereocenters. The van der Waals surface area contributed by atoms with Crippen LogP contribution in [0, 0.1) is 0 Å². The van der Waals surface area contributed by atoms with Gasteiger partial charge in [-0.25, -0.2) is 0 Å². The van der Waals surface area contributed by atoms with Gasteiger partial charge >= 0.3 is 0 Å². The average molecular weight is 270 g/mol. The fourth-order valence-corrected chi connectivity index (χ4v) is 3.72. The van der Waals surface area contributed by atoms with Gasteiger partial charge in [-0.2, -0.15) is 11.8 Å². The van der Waals surface area contributed by atoms with E-state index in [4.69, 9.17) is 4.99 Å². The van der Waals surface area contributed by atoms with Crippen LogP contribution in [0.4, 0.5) is 0 Å². The molecule has 2 aliphatic rings. The molecule has 1 aliphatic heterocycles. The number of likely N-dealkylation sites (N-methyl/N-ethyl adjacent to an activating group) is 1. The fourth-order valence-electron chi connectivity index (χ4n) is 2.18. The van der Waals surface area contributed by atoms with Gasteiger partial charge in [0.25, 0.3) is 0 Å². The van der Waals surface area contributed by atoms with E-state index >= 15 is 0 Å². The molecular formula is C13H26N4S. The van der Waals surface area contributed by atoms with Crippen LogP contribution in [0.3, 0.4) is 0 Å². The van der Waals surface area contributed by atoms with Crippen molar-refractivity contribution < 1.29 is 0 Å². The lowest BCUT2D eigenvalue weighted by atomic mass is 9.98. The molecule has 0 aromatic heterocycles. The van der Waals surface area contributed by atoms with Crippen molar-refractivity contribution in [3.8, 4) is 0 Å². The first-order valence-electron chi connectivity index (χ1n) is 6.96. The third kappa shape index (κ3) is 3.54. The summed E-state index contributed by atoms with van der Waals surface area (Å²) < 4.78 is 0. The standard InChI is InChI=1S/C13H26N4S/c1-4-14-12(16-11-5-6-11)15-9-13(17(2)3)7-8-18-10-13/h11H,4-10H2,1-3H3,(H2,14,15,16). The summed E-state index contributed by atoms with van der Waals surface area (Å²) in [5, 5.41) is 6.83. The Morgan fingerprint density at radius 2 is 2.22 bits per heavy atom. The fraction of sp³-hybridized carbons (Fsp3) is 0.923. The van der Waals surface area contributed by atoms with Crippen LogP contribution in [-0.4, -0.2) is 61.1 Å². The van der Waals surface area contributed by atoms with Gasteiger partial charge < -0.3 is 15.5 Å². The normalized spacial score (nSPS) is 28.8. The third-order valence-corrected chi connectivity index (χ3v) is 5.06. The zero-order valence-electron chi connectivity index (χ0n) is 11.8. The molecule has 5 heteroatoms. The summed E-state index contributed by atoms with van der Waals surface area (Å²) in [5.41, 5.74) is 0.260. The maximum absolute atomic E-state index is 4.81. The highest BCUT2D eigenvalue weighted by atomic mass is 32.2. The van der Waals surface area contributed by atoms with Crippen LogP contribution in [0.25, 0.3) is 0 Å². The highest BCUT2D eigenvalue weighted by Gasteiger charge is 2.36. The molecule has 1 saturated carbocycles. The summed E-state index contributed by atoms with van der Waals surface area (Å²) in [6, 6.07) is 0.663. The molecule has 4 nitrogen and oxygen atoms in total. The number of hydrogen-bond donors (Lipinski definition) is 2. The number of nitrogens with one attached hydrogen (secondary N) is 2. The molecule has 0 spiro atoms. The maximum Gasteiger partial charge on any atom is 0.191 e. The number of hydrogen-bond acceptors (Lipinski definition) is 3. The van der Waals surface area contributed by atoms with Crippen molar-refractivity contribution in [2.45, 2.75) is 37.8 Å². The lowest BCUT2D eigenvalue weighted by Crippen LogP contribution is -2.48. The van der Waals surface area contributed by atoms with Gasteiger partial charge in [0.15, 0.2) is 5.96 Å². The topological polar surface area (TPSA) is 39.7 Å². The summed E-state index contributed by atoms with van der Waals surface area (Å²) in [6.45, 7) is 3.95. The average Bonchev–Trinajstić information content (AvgIpc) is 3.02. The minimum atomic E-state index is 0.260.